The number of fused-ring (bicyclic) bond motifs is 2. The third-order valence-electron chi connectivity index (χ3n) is 8.30. The summed E-state index contributed by atoms with van der Waals surface area (Å²) in [6.07, 6.45) is 0. The summed E-state index contributed by atoms with van der Waals surface area (Å²) in [4.78, 5) is 24.0. The Kier molecular flexibility index (Phi) is 7.48. The van der Waals surface area contributed by atoms with Crippen molar-refractivity contribution in [2.45, 2.75) is 31.2 Å². The molecule has 0 fully saturated rings. The molecule has 1 atom stereocenters. The second kappa shape index (κ2) is 11.7. The predicted molar refractivity (Wildman–Crippen MR) is 189 cm³/mol. The highest BCUT2D eigenvalue weighted by molar-refractivity contribution is 8.17. The van der Waals surface area contributed by atoms with Crippen LogP contribution in [0.3, 0.4) is 0 Å². The second-order valence-electron chi connectivity index (χ2n) is 12.4. The number of ketones is 1. The summed E-state index contributed by atoms with van der Waals surface area (Å²) >= 11 is 1.31. The summed E-state index contributed by atoms with van der Waals surface area (Å²) in [6.45, 7) is 6.57. The number of non-ortho nitro benzene ring substituents is 1. The SMILES string of the molecule is CC(C)(C)c1ccc(C2=NN(c3ccccc3)[C@]3(SC(C(=O)c4ccccc4)=NN3c3ccc([N+](=O)[O-])cc3)c3ccccc32)cc1. The van der Waals surface area contributed by atoms with Gasteiger partial charge in [0.2, 0.25) is 10.8 Å². The van der Waals surface area contributed by atoms with E-state index in [4.69, 9.17) is 10.2 Å². The highest BCUT2D eigenvalue weighted by Crippen LogP contribution is 2.55. The molecule has 7 rings (SSSR count). The van der Waals surface area contributed by atoms with Gasteiger partial charge in [0.1, 0.15) is 0 Å². The van der Waals surface area contributed by atoms with Crippen molar-refractivity contribution in [2.24, 2.45) is 10.2 Å². The van der Waals surface area contributed by atoms with Crippen molar-refractivity contribution in [3.8, 4) is 0 Å². The first-order valence-electron chi connectivity index (χ1n) is 15.2. The Morgan fingerprint density at radius 3 is 1.94 bits per heavy atom. The van der Waals surface area contributed by atoms with Crippen molar-refractivity contribution >= 4 is 45.4 Å². The van der Waals surface area contributed by atoms with Gasteiger partial charge >= 0.3 is 0 Å². The third kappa shape index (κ3) is 5.28. The molecule has 2 heterocycles. The van der Waals surface area contributed by atoms with Crippen molar-refractivity contribution in [2.75, 3.05) is 10.0 Å². The molecule has 2 aliphatic rings. The fourth-order valence-electron chi connectivity index (χ4n) is 5.86. The number of nitro groups is 1. The minimum Gasteiger partial charge on any atom is -0.286 e. The van der Waals surface area contributed by atoms with Crippen molar-refractivity contribution in [3.63, 3.8) is 0 Å². The molecule has 5 aromatic rings. The van der Waals surface area contributed by atoms with Gasteiger partial charge in [0, 0.05) is 34.4 Å². The van der Waals surface area contributed by atoms with Gasteiger partial charge in [0.25, 0.3) is 5.69 Å². The predicted octanol–water partition coefficient (Wildman–Crippen LogP) is 8.73. The quantitative estimate of drug-likeness (QED) is 0.105. The first-order chi connectivity index (χ1) is 22.7. The fraction of sp³-hybridized carbons (Fsp3) is 0.132. The Bertz CT molecular complexity index is 2040. The van der Waals surface area contributed by atoms with Gasteiger partial charge in [-0.1, -0.05) is 118 Å². The van der Waals surface area contributed by atoms with Crippen LogP contribution in [0.4, 0.5) is 17.1 Å². The molecule has 47 heavy (non-hydrogen) atoms. The number of anilines is 2. The summed E-state index contributed by atoms with van der Waals surface area (Å²) in [5.41, 5.74) is 6.54. The fourth-order valence-corrected chi connectivity index (χ4v) is 7.22. The zero-order chi connectivity index (χ0) is 32.8. The summed E-state index contributed by atoms with van der Waals surface area (Å²) < 4.78 is 0. The number of carbonyl (C=O) groups is 1. The van der Waals surface area contributed by atoms with Gasteiger partial charge in [-0.25, -0.2) is 10.0 Å². The number of Topliss-reactive ketones (excluding diaryl/α,β-unsaturated/α-hetero) is 1. The number of hydrazone groups is 2. The molecule has 9 heteroatoms. The van der Waals surface area contributed by atoms with Crippen LogP contribution in [0.15, 0.2) is 144 Å². The van der Waals surface area contributed by atoms with E-state index in [2.05, 4.69) is 45.0 Å². The van der Waals surface area contributed by atoms with Crippen molar-refractivity contribution in [3.05, 3.63) is 171 Å². The van der Waals surface area contributed by atoms with E-state index >= 15 is 0 Å². The van der Waals surface area contributed by atoms with E-state index in [0.29, 0.717) is 11.3 Å². The highest BCUT2D eigenvalue weighted by Gasteiger charge is 2.56. The minimum absolute atomic E-state index is 0.00425. The topological polar surface area (TPSA) is 91.4 Å². The highest BCUT2D eigenvalue weighted by atomic mass is 32.2. The lowest BCUT2D eigenvalue weighted by atomic mass is 9.85. The molecular weight excluding hydrogens is 607 g/mol. The van der Waals surface area contributed by atoms with Gasteiger partial charge in [-0.2, -0.15) is 10.2 Å². The van der Waals surface area contributed by atoms with Gasteiger partial charge in [0.05, 0.1) is 22.0 Å². The molecule has 0 radical (unpaired) electrons. The largest absolute Gasteiger partial charge is 0.286 e. The van der Waals surface area contributed by atoms with Crippen LogP contribution in [-0.2, 0) is 10.4 Å². The van der Waals surface area contributed by atoms with Crippen LogP contribution in [0, 0.1) is 10.1 Å². The van der Waals surface area contributed by atoms with Crippen molar-refractivity contribution in [1.82, 2.24) is 0 Å². The number of hydrogen-bond acceptors (Lipinski definition) is 8. The summed E-state index contributed by atoms with van der Waals surface area (Å²) in [5.74, 6) is -0.225. The third-order valence-corrected chi connectivity index (χ3v) is 9.61. The second-order valence-corrected chi connectivity index (χ2v) is 13.5. The molecule has 0 N–H and O–H groups in total. The van der Waals surface area contributed by atoms with Crippen LogP contribution >= 0.6 is 11.8 Å². The normalized spacial score (nSPS) is 17.3. The zero-order valence-electron chi connectivity index (χ0n) is 26.1. The molecule has 0 aromatic heterocycles. The average Bonchev–Trinajstić information content (AvgIpc) is 3.49. The number of carbonyl (C=O) groups excluding carboxylic acids is 1. The number of hydrogen-bond donors (Lipinski definition) is 0. The van der Waals surface area contributed by atoms with Gasteiger partial charge in [0.15, 0.2) is 5.04 Å². The van der Waals surface area contributed by atoms with Crippen molar-refractivity contribution < 1.29 is 9.72 Å². The van der Waals surface area contributed by atoms with Crippen LogP contribution in [0.25, 0.3) is 0 Å². The first-order valence-corrected chi connectivity index (χ1v) is 16.1. The van der Waals surface area contributed by atoms with E-state index in [0.717, 1.165) is 28.1 Å². The molecule has 0 unspecified atom stereocenters. The first kappa shape index (κ1) is 30.1. The van der Waals surface area contributed by atoms with Gasteiger partial charge < -0.3 is 0 Å². The lowest BCUT2D eigenvalue weighted by Crippen LogP contribution is -2.54. The Balaban J connectivity index is 1.47. The number of thioether (sulfide) groups is 1. The summed E-state index contributed by atoms with van der Waals surface area (Å²) in [6, 6.07) is 41.6. The molecule has 0 aliphatic carbocycles. The number of rotatable bonds is 6. The Hall–Kier alpha value is -5.54. The van der Waals surface area contributed by atoms with Gasteiger partial charge in [-0.3, -0.25) is 14.9 Å². The monoisotopic (exact) mass is 637 g/mol. The zero-order valence-corrected chi connectivity index (χ0v) is 26.9. The average molecular weight is 638 g/mol. The molecule has 0 bridgehead atoms. The van der Waals surface area contributed by atoms with Crippen molar-refractivity contribution in [1.29, 1.82) is 0 Å². The maximum atomic E-state index is 14.0. The minimum atomic E-state index is -1.19. The maximum absolute atomic E-state index is 14.0. The summed E-state index contributed by atoms with van der Waals surface area (Å²) in [5, 5.41) is 25.9. The number of nitro benzene ring substituents is 1. The molecule has 1 spiro atoms. The lowest BCUT2D eigenvalue weighted by Gasteiger charge is -2.47. The molecule has 8 nitrogen and oxygen atoms in total. The van der Waals surface area contributed by atoms with E-state index < -0.39 is 9.92 Å². The molecule has 0 amide bonds. The van der Waals surface area contributed by atoms with Crippen LogP contribution in [0.1, 0.15) is 53.4 Å². The number of para-hydroxylation sites is 1. The summed E-state index contributed by atoms with van der Waals surface area (Å²) in [7, 11) is 0. The van der Waals surface area contributed by atoms with Gasteiger partial charge in [-0.15, -0.1) is 0 Å². The lowest BCUT2D eigenvalue weighted by molar-refractivity contribution is -0.384. The molecule has 0 saturated carbocycles. The number of benzene rings is 5. The van der Waals surface area contributed by atoms with Crippen LogP contribution in [-0.4, -0.2) is 21.5 Å². The van der Waals surface area contributed by atoms with E-state index in [9.17, 15) is 14.9 Å². The van der Waals surface area contributed by atoms with Gasteiger partial charge in [-0.05, 0) is 47.0 Å². The van der Waals surface area contributed by atoms with Crippen LogP contribution in [0.2, 0.25) is 0 Å². The maximum Gasteiger partial charge on any atom is 0.269 e. The Labute approximate surface area is 277 Å². The molecule has 232 valence electrons. The van der Waals surface area contributed by atoms with E-state index in [1.165, 1.54) is 29.5 Å². The van der Waals surface area contributed by atoms with E-state index in [1.54, 1.807) is 29.3 Å². The number of nitrogens with zero attached hydrogens (tertiary/aromatic N) is 5. The molecule has 0 saturated heterocycles. The van der Waals surface area contributed by atoms with Crippen LogP contribution in [0.5, 0.6) is 0 Å². The van der Waals surface area contributed by atoms with E-state index in [1.807, 2.05) is 77.8 Å². The Morgan fingerprint density at radius 2 is 1.30 bits per heavy atom. The Morgan fingerprint density at radius 1 is 0.723 bits per heavy atom. The molecule has 2 aliphatic heterocycles. The smallest absolute Gasteiger partial charge is 0.269 e. The van der Waals surface area contributed by atoms with Crippen LogP contribution < -0.4 is 10.0 Å². The molecular formula is C38H31N5O3S. The molecule has 5 aromatic carbocycles. The standard InChI is InChI=1S/C38H31N5O3S/c1-37(2,3)28-20-18-26(19-21-28)34-32-16-10-11-17-33(32)38(41(39-34)29-14-8-5-9-15-29)42(30-22-24-31(25-23-30)43(45)46)40-36(47-38)35(44)27-12-6-4-7-13-27/h4-25H,1-3H3/t38-/m1/s1. The van der Waals surface area contributed by atoms with E-state index in [-0.39, 0.29) is 21.9 Å².